The first-order chi connectivity index (χ1) is 14.0. The standard InChI is InChI=1S/C21H16BrClN2O4/c1-3-7-28-19-11-16(22)14(10-18(19)27-4-2)12-24-25-21(26)20-9-13-8-15(23)5-6-17(13)29-20/h1,5-6,8-12H,4,7H2,2H3,(H,25,26)/b24-12+. The number of nitrogens with zero attached hydrogens (tertiary/aromatic N) is 1. The molecule has 1 N–H and O–H groups in total. The van der Waals surface area contributed by atoms with E-state index in [1.807, 2.05) is 6.92 Å². The van der Waals surface area contributed by atoms with Crippen molar-refractivity contribution in [3.8, 4) is 23.8 Å². The zero-order valence-corrected chi connectivity index (χ0v) is 17.7. The van der Waals surface area contributed by atoms with Crippen molar-refractivity contribution in [2.24, 2.45) is 5.10 Å². The van der Waals surface area contributed by atoms with Crippen LogP contribution in [0.25, 0.3) is 11.0 Å². The third-order valence-corrected chi connectivity index (χ3v) is 4.67. The first kappa shape index (κ1) is 20.8. The molecule has 0 spiro atoms. The van der Waals surface area contributed by atoms with E-state index in [9.17, 15) is 4.79 Å². The molecular weight excluding hydrogens is 460 g/mol. The molecule has 0 aliphatic heterocycles. The Morgan fingerprint density at radius 2 is 2.10 bits per heavy atom. The number of carbonyl (C=O) groups excluding carboxylic acids is 1. The van der Waals surface area contributed by atoms with Gasteiger partial charge < -0.3 is 13.9 Å². The highest BCUT2D eigenvalue weighted by Crippen LogP contribution is 2.33. The number of hydrogen-bond donors (Lipinski definition) is 1. The van der Waals surface area contributed by atoms with Gasteiger partial charge in [-0.15, -0.1) is 6.42 Å². The van der Waals surface area contributed by atoms with E-state index in [1.54, 1.807) is 36.4 Å². The predicted molar refractivity (Wildman–Crippen MR) is 116 cm³/mol. The van der Waals surface area contributed by atoms with E-state index in [2.05, 4.69) is 32.4 Å². The van der Waals surface area contributed by atoms with Crippen LogP contribution in [0.5, 0.6) is 11.5 Å². The first-order valence-electron chi connectivity index (χ1n) is 8.57. The van der Waals surface area contributed by atoms with Gasteiger partial charge in [0, 0.05) is 20.4 Å². The smallest absolute Gasteiger partial charge is 0.307 e. The summed E-state index contributed by atoms with van der Waals surface area (Å²) in [6.45, 7) is 2.44. The van der Waals surface area contributed by atoms with Crippen LogP contribution in [-0.2, 0) is 0 Å². The molecule has 0 bridgehead atoms. The van der Waals surface area contributed by atoms with Crippen LogP contribution in [0.15, 0.2) is 50.4 Å². The lowest BCUT2D eigenvalue weighted by molar-refractivity contribution is 0.0929. The van der Waals surface area contributed by atoms with Gasteiger partial charge in [0.25, 0.3) is 0 Å². The van der Waals surface area contributed by atoms with Crippen molar-refractivity contribution in [1.82, 2.24) is 5.43 Å². The number of terminal acetylenes is 1. The molecule has 8 heteroatoms. The number of nitrogens with one attached hydrogen (secondary N) is 1. The van der Waals surface area contributed by atoms with Gasteiger partial charge in [-0.3, -0.25) is 4.79 Å². The molecule has 0 saturated heterocycles. The van der Waals surface area contributed by atoms with Crippen molar-refractivity contribution >= 4 is 50.6 Å². The quantitative estimate of drug-likeness (QED) is 0.296. The van der Waals surface area contributed by atoms with Gasteiger partial charge in [0.05, 0.1) is 12.8 Å². The van der Waals surface area contributed by atoms with Crippen molar-refractivity contribution in [3.63, 3.8) is 0 Å². The minimum absolute atomic E-state index is 0.124. The van der Waals surface area contributed by atoms with Crippen LogP contribution in [-0.4, -0.2) is 25.3 Å². The Balaban J connectivity index is 1.75. The summed E-state index contributed by atoms with van der Waals surface area (Å²) in [4.78, 5) is 12.3. The second kappa shape index (κ2) is 9.50. The lowest BCUT2D eigenvalue weighted by Gasteiger charge is -2.12. The molecule has 3 aromatic rings. The molecule has 0 saturated carbocycles. The minimum atomic E-state index is -0.483. The largest absolute Gasteiger partial charge is 0.490 e. The molecule has 3 rings (SSSR count). The Kier molecular flexibility index (Phi) is 6.81. The number of carbonyl (C=O) groups is 1. The lowest BCUT2D eigenvalue weighted by atomic mass is 10.2. The third-order valence-electron chi connectivity index (χ3n) is 3.75. The Morgan fingerprint density at radius 3 is 2.86 bits per heavy atom. The van der Waals surface area contributed by atoms with Gasteiger partial charge >= 0.3 is 5.91 Å². The number of hydrogen-bond acceptors (Lipinski definition) is 5. The molecule has 0 unspecified atom stereocenters. The number of halogens is 2. The van der Waals surface area contributed by atoms with Gasteiger partial charge in [-0.05, 0) is 59.3 Å². The normalized spacial score (nSPS) is 10.8. The molecule has 0 fully saturated rings. The fraction of sp³-hybridized carbons (Fsp3) is 0.143. The maximum atomic E-state index is 12.3. The van der Waals surface area contributed by atoms with Crippen molar-refractivity contribution in [1.29, 1.82) is 0 Å². The van der Waals surface area contributed by atoms with Crippen LogP contribution in [0.3, 0.4) is 0 Å². The molecule has 6 nitrogen and oxygen atoms in total. The molecule has 0 aliphatic carbocycles. The second-order valence-electron chi connectivity index (χ2n) is 5.74. The molecule has 29 heavy (non-hydrogen) atoms. The number of benzene rings is 2. The zero-order valence-electron chi connectivity index (χ0n) is 15.4. The fourth-order valence-corrected chi connectivity index (χ4v) is 3.10. The maximum absolute atomic E-state index is 12.3. The number of rotatable bonds is 7. The summed E-state index contributed by atoms with van der Waals surface area (Å²) < 4.78 is 17.3. The SMILES string of the molecule is C#CCOc1cc(Br)c(/C=N/NC(=O)c2cc3cc(Cl)ccc3o2)cc1OCC. The van der Waals surface area contributed by atoms with Gasteiger partial charge in [-0.1, -0.05) is 17.5 Å². The molecule has 148 valence electrons. The number of furan rings is 1. The maximum Gasteiger partial charge on any atom is 0.307 e. The van der Waals surface area contributed by atoms with Gasteiger partial charge in [-0.25, -0.2) is 5.43 Å². The van der Waals surface area contributed by atoms with E-state index in [-0.39, 0.29) is 12.4 Å². The van der Waals surface area contributed by atoms with Crippen molar-refractivity contribution < 1.29 is 18.7 Å². The average Bonchev–Trinajstić information content (AvgIpc) is 3.12. The van der Waals surface area contributed by atoms with E-state index in [4.69, 9.17) is 31.9 Å². The molecule has 0 radical (unpaired) electrons. The summed E-state index contributed by atoms with van der Waals surface area (Å²) in [6, 6.07) is 10.2. The van der Waals surface area contributed by atoms with Crippen LogP contribution in [0, 0.1) is 12.3 Å². The summed E-state index contributed by atoms with van der Waals surface area (Å²) in [6.07, 6.45) is 6.72. The molecule has 0 aliphatic rings. The number of ether oxygens (including phenoxy) is 2. The Morgan fingerprint density at radius 1 is 1.31 bits per heavy atom. The van der Waals surface area contributed by atoms with Crippen LogP contribution >= 0.6 is 27.5 Å². The zero-order chi connectivity index (χ0) is 20.8. The van der Waals surface area contributed by atoms with E-state index in [0.717, 1.165) is 5.39 Å². The van der Waals surface area contributed by atoms with Gasteiger partial charge in [0.15, 0.2) is 17.3 Å². The monoisotopic (exact) mass is 474 g/mol. The van der Waals surface area contributed by atoms with Crippen molar-refractivity contribution in [2.75, 3.05) is 13.2 Å². The summed E-state index contributed by atoms with van der Waals surface area (Å²) in [5.74, 6) is 3.09. The lowest BCUT2D eigenvalue weighted by Crippen LogP contribution is -2.16. The first-order valence-corrected chi connectivity index (χ1v) is 9.74. The van der Waals surface area contributed by atoms with Crippen molar-refractivity contribution in [2.45, 2.75) is 6.92 Å². The van der Waals surface area contributed by atoms with E-state index in [0.29, 0.717) is 38.7 Å². The third kappa shape index (κ3) is 5.11. The van der Waals surface area contributed by atoms with Gasteiger partial charge in [0.2, 0.25) is 0 Å². The number of amides is 1. The Hall–Kier alpha value is -2.95. The van der Waals surface area contributed by atoms with E-state index < -0.39 is 5.91 Å². The highest BCUT2D eigenvalue weighted by Gasteiger charge is 2.13. The number of fused-ring (bicyclic) bond motifs is 1. The van der Waals surface area contributed by atoms with E-state index >= 15 is 0 Å². The van der Waals surface area contributed by atoms with E-state index in [1.165, 1.54) is 6.21 Å². The Labute approximate surface area is 180 Å². The summed E-state index contributed by atoms with van der Waals surface area (Å²) in [5.41, 5.74) is 3.68. The summed E-state index contributed by atoms with van der Waals surface area (Å²) >= 11 is 9.39. The fourth-order valence-electron chi connectivity index (χ4n) is 2.49. The number of hydrazone groups is 1. The summed E-state index contributed by atoms with van der Waals surface area (Å²) in [5, 5.41) is 5.29. The molecule has 1 heterocycles. The van der Waals surface area contributed by atoms with Crippen LogP contribution in [0.4, 0.5) is 0 Å². The molecule has 2 aromatic carbocycles. The second-order valence-corrected chi connectivity index (χ2v) is 7.03. The average molecular weight is 476 g/mol. The molecular formula is C21H16BrClN2O4. The Bertz CT molecular complexity index is 1120. The summed E-state index contributed by atoms with van der Waals surface area (Å²) in [7, 11) is 0. The topological polar surface area (TPSA) is 73.1 Å². The van der Waals surface area contributed by atoms with Crippen molar-refractivity contribution in [3.05, 3.63) is 57.2 Å². The van der Waals surface area contributed by atoms with Crippen LogP contribution in [0.2, 0.25) is 5.02 Å². The molecule has 0 atom stereocenters. The van der Waals surface area contributed by atoms with Gasteiger partial charge in [0.1, 0.15) is 12.2 Å². The highest BCUT2D eigenvalue weighted by molar-refractivity contribution is 9.10. The predicted octanol–water partition coefficient (Wildman–Crippen LogP) is 5.02. The van der Waals surface area contributed by atoms with Crippen LogP contribution < -0.4 is 14.9 Å². The van der Waals surface area contributed by atoms with Crippen LogP contribution in [0.1, 0.15) is 23.0 Å². The minimum Gasteiger partial charge on any atom is -0.490 e. The highest BCUT2D eigenvalue weighted by atomic mass is 79.9. The molecule has 1 amide bonds. The van der Waals surface area contributed by atoms with Gasteiger partial charge in [-0.2, -0.15) is 5.10 Å². The molecule has 1 aromatic heterocycles.